The van der Waals surface area contributed by atoms with Gasteiger partial charge in [-0.3, -0.25) is 10.1 Å². The molecule has 134 valence electrons. The third-order valence-electron chi connectivity index (χ3n) is 3.75. The Hall–Kier alpha value is -3.10. The van der Waals surface area contributed by atoms with Crippen molar-refractivity contribution in [2.24, 2.45) is 0 Å². The molecule has 0 unspecified atom stereocenters. The normalized spacial score (nSPS) is 16.9. The summed E-state index contributed by atoms with van der Waals surface area (Å²) in [5.41, 5.74) is 0.254. The van der Waals surface area contributed by atoms with Gasteiger partial charge in [0.15, 0.2) is 5.75 Å². The number of nitro benzene ring substituents is 1. The van der Waals surface area contributed by atoms with Gasteiger partial charge < -0.3 is 20.5 Å². The highest BCUT2D eigenvalue weighted by Gasteiger charge is 2.33. The first kappa shape index (κ1) is 18.2. The maximum atomic E-state index is 12.4. The number of hydrogen-bond acceptors (Lipinski definition) is 6. The molecule has 0 radical (unpaired) electrons. The maximum Gasteiger partial charge on any atom is 0.338 e. The molecule has 2 rings (SSSR count). The molecule has 1 aromatic rings. The van der Waals surface area contributed by atoms with Crippen molar-refractivity contribution in [1.29, 1.82) is 0 Å². The van der Waals surface area contributed by atoms with Crippen molar-refractivity contribution in [3.63, 3.8) is 0 Å². The van der Waals surface area contributed by atoms with E-state index >= 15 is 0 Å². The molecule has 0 saturated heterocycles. The lowest BCUT2D eigenvalue weighted by atomic mass is 9.95. The fourth-order valence-corrected chi connectivity index (χ4v) is 2.47. The number of nitrogens with zero attached hydrogens (tertiary/aromatic N) is 1. The SMILES string of the molecule is CCCCOC(=O)C1=C(C)NC(=O)N[C@@H]1c1ccc(O)c([N+](=O)[O-])c1. The fourth-order valence-electron chi connectivity index (χ4n) is 2.47. The van der Waals surface area contributed by atoms with Gasteiger partial charge in [0, 0.05) is 11.8 Å². The number of hydrogen-bond donors (Lipinski definition) is 3. The van der Waals surface area contributed by atoms with Gasteiger partial charge in [-0.05, 0) is 25.0 Å². The minimum atomic E-state index is -0.915. The van der Waals surface area contributed by atoms with Crippen LogP contribution in [0, 0.1) is 10.1 Å². The van der Waals surface area contributed by atoms with Crippen LogP contribution in [0.2, 0.25) is 0 Å². The van der Waals surface area contributed by atoms with Gasteiger partial charge >= 0.3 is 17.7 Å². The summed E-state index contributed by atoms with van der Waals surface area (Å²) in [4.78, 5) is 34.5. The molecule has 0 fully saturated rings. The van der Waals surface area contributed by atoms with Crippen molar-refractivity contribution in [2.45, 2.75) is 32.7 Å². The monoisotopic (exact) mass is 349 g/mol. The van der Waals surface area contributed by atoms with E-state index in [0.29, 0.717) is 17.7 Å². The Bertz CT molecular complexity index is 743. The standard InChI is InChI=1S/C16H19N3O6/c1-3-4-7-25-15(21)13-9(2)17-16(22)18-14(13)10-5-6-12(20)11(8-10)19(23)24/h5-6,8,14,20H,3-4,7H2,1-2H3,(H2,17,18,22)/t14-/m1/s1. The summed E-state index contributed by atoms with van der Waals surface area (Å²) in [6.07, 6.45) is 1.56. The molecule has 1 heterocycles. The largest absolute Gasteiger partial charge is 0.502 e. The zero-order valence-electron chi connectivity index (χ0n) is 13.9. The lowest BCUT2D eigenvalue weighted by Gasteiger charge is -2.28. The van der Waals surface area contributed by atoms with Crippen molar-refractivity contribution in [3.05, 3.63) is 45.1 Å². The Labute approximate surface area is 143 Å². The number of phenolic OH excluding ortho intramolecular Hbond substituents is 1. The molecule has 0 aliphatic carbocycles. The van der Waals surface area contributed by atoms with Crippen molar-refractivity contribution in [3.8, 4) is 5.75 Å². The molecule has 0 aromatic heterocycles. The molecule has 1 aliphatic heterocycles. The van der Waals surface area contributed by atoms with E-state index < -0.39 is 34.4 Å². The second-order valence-electron chi connectivity index (χ2n) is 5.56. The van der Waals surface area contributed by atoms with Gasteiger partial charge in [0.1, 0.15) is 0 Å². The number of urea groups is 1. The number of ether oxygens (including phenoxy) is 1. The molecule has 1 atom stereocenters. The van der Waals surface area contributed by atoms with Gasteiger partial charge in [-0.2, -0.15) is 0 Å². The predicted octanol–water partition coefficient (Wildman–Crippen LogP) is 2.27. The topological polar surface area (TPSA) is 131 Å². The van der Waals surface area contributed by atoms with Crippen LogP contribution in [0.3, 0.4) is 0 Å². The molecule has 2 amide bonds. The maximum absolute atomic E-state index is 12.4. The second kappa shape index (κ2) is 7.65. The molecule has 25 heavy (non-hydrogen) atoms. The smallest absolute Gasteiger partial charge is 0.338 e. The third kappa shape index (κ3) is 4.06. The van der Waals surface area contributed by atoms with Crippen LogP contribution >= 0.6 is 0 Å². The highest BCUT2D eigenvalue weighted by atomic mass is 16.6. The highest BCUT2D eigenvalue weighted by molar-refractivity contribution is 5.95. The number of rotatable bonds is 6. The number of carbonyl (C=O) groups is 2. The summed E-state index contributed by atoms with van der Waals surface area (Å²) in [5, 5.41) is 25.7. The fraction of sp³-hybridized carbons (Fsp3) is 0.375. The van der Waals surface area contributed by atoms with Gasteiger partial charge in [0.2, 0.25) is 0 Å². The number of unbranched alkanes of at least 4 members (excludes halogenated alkanes) is 1. The minimum Gasteiger partial charge on any atom is -0.502 e. The first-order valence-electron chi connectivity index (χ1n) is 7.77. The Morgan fingerprint density at radius 1 is 1.44 bits per heavy atom. The summed E-state index contributed by atoms with van der Waals surface area (Å²) < 4.78 is 5.21. The van der Waals surface area contributed by atoms with Gasteiger partial charge in [0.05, 0.1) is 23.1 Å². The van der Waals surface area contributed by atoms with Crippen molar-refractivity contribution in [2.75, 3.05) is 6.61 Å². The lowest BCUT2D eigenvalue weighted by molar-refractivity contribution is -0.385. The number of phenols is 1. The second-order valence-corrected chi connectivity index (χ2v) is 5.56. The van der Waals surface area contributed by atoms with E-state index in [4.69, 9.17) is 4.74 Å². The number of benzene rings is 1. The molecule has 9 nitrogen and oxygen atoms in total. The zero-order chi connectivity index (χ0) is 18.6. The molecular weight excluding hydrogens is 330 g/mol. The van der Waals surface area contributed by atoms with Crippen LogP contribution in [0.25, 0.3) is 0 Å². The van der Waals surface area contributed by atoms with Crippen molar-refractivity contribution < 1.29 is 24.4 Å². The third-order valence-corrected chi connectivity index (χ3v) is 3.75. The summed E-state index contributed by atoms with van der Waals surface area (Å²) in [6.45, 7) is 3.75. The van der Waals surface area contributed by atoms with Crippen LogP contribution in [-0.2, 0) is 9.53 Å². The molecular formula is C16H19N3O6. The van der Waals surface area contributed by atoms with Crippen LogP contribution < -0.4 is 10.6 Å². The molecule has 0 bridgehead atoms. The van der Waals surface area contributed by atoms with E-state index in [0.717, 1.165) is 18.6 Å². The summed E-state index contributed by atoms with van der Waals surface area (Å²) >= 11 is 0. The number of amides is 2. The van der Waals surface area contributed by atoms with E-state index in [9.17, 15) is 24.8 Å². The molecule has 0 spiro atoms. The van der Waals surface area contributed by atoms with Crippen LogP contribution in [-0.4, -0.2) is 28.6 Å². The summed E-state index contributed by atoms with van der Waals surface area (Å²) in [7, 11) is 0. The first-order chi connectivity index (χ1) is 11.8. The van der Waals surface area contributed by atoms with E-state index in [1.165, 1.54) is 6.07 Å². The van der Waals surface area contributed by atoms with Crippen molar-refractivity contribution >= 4 is 17.7 Å². The number of nitrogens with one attached hydrogen (secondary N) is 2. The summed E-state index contributed by atoms with van der Waals surface area (Å²) in [6, 6.07) is 2.23. The molecule has 1 aliphatic rings. The van der Waals surface area contributed by atoms with Crippen LogP contribution in [0.4, 0.5) is 10.5 Å². The van der Waals surface area contributed by atoms with Crippen LogP contribution in [0.5, 0.6) is 5.75 Å². The van der Waals surface area contributed by atoms with Crippen LogP contribution in [0.15, 0.2) is 29.5 Å². The van der Waals surface area contributed by atoms with Gasteiger partial charge in [-0.1, -0.05) is 19.4 Å². The Morgan fingerprint density at radius 3 is 2.80 bits per heavy atom. The number of esters is 1. The molecule has 9 heteroatoms. The van der Waals surface area contributed by atoms with Gasteiger partial charge in [-0.15, -0.1) is 0 Å². The highest BCUT2D eigenvalue weighted by Crippen LogP contribution is 2.33. The Balaban J connectivity index is 2.40. The number of carbonyl (C=O) groups excluding carboxylic acids is 2. The Kier molecular flexibility index (Phi) is 5.58. The molecule has 0 saturated carbocycles. The van der Waals surface area contributed by atoms with E-state index in [2.05, 4.69) is 10.6 Å². The van der Waals surface area contributed by atoms with E-state index in [1.807, 2.05) is 6.92 Å². The minimum absolute atomic E-state index is 0.163. The van der Waals surface area contributed by atoms with E-state index in [1.54, 1.807) is 6.92 Å². The predicted molar refractivity (Wildman–Crippen MR) is 87.7 cm³/mol. The number of aromatic hydroxyl groups is 1. The quantitative estimate of drug-likeness (QED) is 0.312. The number of nitro groups is 1. The van der Waals surface area contributed by atoms with Crippen molar-refractivity contribution in [1.82, 2.24) is 10.6 Å². The average molecular weight is 349 g/mol. The summed E-state index contributed by atoms with van der Waals surface area (Å²) in [5.74, 6) is -1.11. The van der Waals surface area contributed by atoms with Gasteiger partial charge in [0.25, 0.3) is 0 Å². The Morgan fingerprint density at radius 2 is 2.16 bits per heavy atom. The van der Waals surface area contributed by atoms with Crippen LogP contribution in [0.1, 0.15) is 38.3 Å². The average Bonchev–Trinajstić information content (AvgIpc) is 2.54. The van der Waals surface area contributed by atoms with Gasteiger partial charge in [-0.25, -0.2) is 9.59 Å². The first-order valence-corrected chi connectivity index (χ1v) is 7.77. The zero-order valence-corrected chi connectivity index (χ0v) is 13.9. The molecule has 1 aromatic carbocycles. The van der Waals surface area contributed by atoms with E-state index in [-0.39, 0.29) is 12.2 Å². The number of allylic oxidation sites excluding steroid dienone is 1. The lowest BCUT2D eigenvalue weighted by Crippen LogP contribution is -2.45. The molecule has 3 N–H and O–H groups in total.